The van der Waals surface area contributed by atoms with Crippen LogP contribution in [0.1, 0.15) is 17.8 Å². The first kappa shape index (κ1) is 9.54. The smallest absolute Gasteiger partial charge is 0.233 e. The second-order valence-corrected chi connectivity index (χ2v) is 4.75. The molecule has 0 aliphatic heterocycles. The lowest BCUT2D eigenvalue weighted by molar-refractivity contribution is -0.120. The van der Waals surface area contributed by atoms with Crippen molar-refractivity contribution in [2.75, 3.05) is 11.9 Å². The summed E-state index contributed by atoms with van der Waals surface area (Å²) in [5, 5.41) is 11.8. The van der Waals surface area contributed by atoms with Gasteiger partial charge in [0, 0.05) is 6.54 Å². The molecule has 1 fully saturated rings. The van der Waals surface area contributed by atoms with E-state index in [2.05, 4.69) is 15.5 Å². The van der Waals surface area contributed by atoms with E-state index in [1.807, 2.05) is 6.92 Å². The molecule has 1 aliphatic rings. The molecule has 2 rings (SSSR count). The van der Waals surface area contributed by atoms with Crippen molar-refractivity contribution in [1.82, 2.24) is 10.2 Å². The van der Waals surface area contributed by atoms with Crippen LogP contribution in [0.4, 0.5) is 5.13 Å². The van der Waals surface area contributed by atoms with Crippen LogP contribution in [0, 0.1) is 12.3 Å². The average molecular weight is 212 g/mol. The normalized spacial score (nSPS) is 17.9. The predicted molar refractivity (Wildman–Crippen MR) is 54.0 cm³/mol. The standard InChI is InChI=1S/C8H12N4OS/c1-5-11-12-7(14-5)10-6(13)8(4-9)2-3-8/h2-4,9H2,1H3,(H,10,12,13). The number of aromatic nitrogens is 2. The fourth-order valence-electron chi connectivity index (χ4n) is 1.25. The zero-order chi connectivity index (χ0) is 10.2. The maximum absolute atomic E-state index is 11.7. The molecule has 1 amide bonds. The van der Waals surface area contributed by atoms with Crippen LogP contribution in [0.25, 0.3) is 0 Å². The summed E-state index contributed by atoms with van der Waals surface area (Å²) >= 11 is 1.38. The van der Waals surface area contributed by atoms with E-state index in [4.69, 9.17) is 5.73 Å². The average Bonchev–Trinajstić information content (AvgIpc) is 2.87. The summed E-state index contributed by atoms with van der Waals surface area (Å²) in [5.74, 6) is -0.0175. The number of carbonyl (C=O) groups is 1. The van der Waals surface area contributed by atoms with Gasteiger partial charge in [0.1, 0.15) is 5.01 Å². The third-order valence-electron chi connectivity index (χ3n) is 2.47. The number of nitrogens with one attached hydrogen (secondary N) is 1. The molecule has 3 N–H and O–H groups in total. The molecule has 0 aromatic carbocycles. The summed E-state index contributed by atoms with van der Waals surface area (Å²) in [4.78, 5) is 11.7. The number of hydrogen-bond acceptors (Lipinski definition) is 5. The zero-order valence-electron chi connectivity index (χ0n) is 7.91. The molecule has 0 radical (unpaired) electrons. The Bertz CT molecular complexity index is 358. The van der Waals surface area contributed by atoms with Gasteiger partial charge < -0.3 is 5.73 Å². The highest BCUT2D eigenvalue weighted by molar-refractivity contribution is 7.15. The molecular weight excluding hydrogens is 200 g/mol. The Kier molecular flexibility index (Phi) is 2.24. The maximum Gasteiger partial charge on any atom is 0.233 e. The number of amides is 1. The highest BCUT2D eigenvalue weighted by Gasteiger charge is 2.48. The van der Waals surface area contributed by atoms with Crippen LogP contribution in [0.5, 0.6) is 0 Å². The van der Waals surface area contributed by atoms with Gasteiger partial charge in [-0.1, -0.05) is 11.3 Å². The SMILES string of the molecule is Cc1nnc(NC(=O)C2(CN)CC2)s1. The van der Waals surface area contributed by atoms with Gasteiger partial charge in [-0.2, -0.15) is 0 Å². The molecule has 0 bridgehead atoms. The molecule has 0 atom stereocenters. The first-order chi connectivity index (χ1) is 6.66. The summed E-state index contributed by atoms with van der Waals surface area (Å²) in [6, 6.07) is 0. The highest BCUT2D eigenvalue weighted by atomic mass is 32.1. The lowest BCUT2D eigenvalue weighted by atomic mass is 10.1. The van der Waals surface area contributed by atoms with Crippen molar-refractivity contribution in [3.63, 3.8) is 0 Å². The molecule has 1 aromatic heterocycles. The molecule has 0 saturated heterocycles. The second kappa shape index (κ2) is 3.29. The Labute approximate surface area is 85.7 Å². The van der Waals surface area contributed by atoms with Gasteiger partial charge in [-0.05, 0) is 19.8 Å². The van der Waals surface area contributed by atoms with Gasteiger partial charge in [0.05, 0.1) is 5.41 Å². The van der Waals surface area contributed by atoms with E-state index in [1.165, 1.54) is 11.3 Å². The van der Waals surface area contributed by atoms with E-state index >= 15 is 0 Å². The first-order valence-corrected chi connectivity index (χ1v) is 5.29. The monoisotopic (exact) mass is 212 g/mol. The Morgan fingerprint density at radius 1 is 1.64 bits per heavy atom. The van der Waals surface area contributed by atoms with Gasteiger partial charge in [0.25, 0.3) is 0 Å². The molecule has 0 unspecified atom stereocenters. The van der Waals surface area contributed by atoms with E-state index in [9.17, 15) is 4.79 Å². The quantitative estimate of drug-likeness (QED) is 0.765. The third kappa shape index (κ3) is 1.62. The van der Waals surface area contributed by atoms with Crippen molar-refractivity contribution in [1.29, 1.82) is 0 Å². The van der Waals surface area contributed by atoms with Crippen molar-refractivity contribution >= 4 is 22.4 Å². The van der Waals surface area contributed by atoms with E-state index in [0.29, 0.717) is 11.7 Å². The number of carbonyl (C=O) groups excluding carboxylic acids is 1. The van der Waals surface area contributed by atoms with Crippen LogP contribution < -0.4 is 11.1 Å². The van der Waals surface area contributed by atoms with Gasteiger partial charge >= 0.3 is 0 Å². The largest absolute Gasteiger partial charge is 0.329 e. The number of nitrogens with zero attached hydrogens (tertiary/aromatic N) is 2. The Hall–Kier alpha value is -1.01. The summed E-state index contributed by atoms with van der Waals surface area (Å²) < 4.78 is 0. The first-order valence-electron chi connectivity index (χ1n) is 4.48. The fourth-order valence-corrected chi connectivity index (χ4v) is 1.84. The molecule has 1 aromatic rings. The highest BCUT2D eigenvalue weighted by Crippen LogP contribution is 2.45. The zero-order valence-corrected chi connectivity index (χ0v) is 8.73. The molecule has 14 heavy (non-hydrogen) atoms. The van der Waals surface area contributed by atoms with Crippen LogP contribution in [0.15, 0.2) is 0 Å². The van der Waals surface area contributed by atoms with E-state index in [0.717, 1.165) is 17.8 Å². The van der Waals surface area contributed by atoms with Crippen molar-refractivity contribution in [3.8, 4) is 0 Å². The molecule has 76 valence electrons. The predicted octanol–water partition coefficient (Wildman–Crippen LogP) is 0.524. The topological polar surface area (TPSA) is 80.9 Å². The van der Waals surface area contributed by atoms with Crippen LogP contribution in [0.2, 0.25) is 0 Å². The number of hydrogen-bond donors (Lipinski definition) is 2. The Morgan fingerprint density at radius 2 is 2.36 bits per heavy atom. The van der Waals surface area contributed by atoms with Crippen molar-refractivity contribution in [3.05, 3.63) is 5.01 Å². The summed E-state index contributed by atoms with van der Waals surface area (Å²) in [7, 11) is 0. The lowest BCUT2D eigenvalue weighted by Crippen LogP contribution is -2.30. The van der Waals surface area contributed by atoms with Crippen LogP contribution in [0.3, 0.4) is 0 Å². The van der Waals surface area contributed by atoms with Crippen LogP contribution >= 0.6 is 11.3 Å². The molecule has 1 heterocycles. The van der Waals surface area contributed by atoms with Crippen LogP contribution in [-0.2, 0) is 4.79 Å². The fraction of sp³-hybridized carbons (Fsp3) is 0.625. The van der Waals surface area contributed by atoms with E-state index < -0.39 is 0 Å². The molecule has 5 nitrogen and oxygen atoms in total. The van der Waals surface area contributed by atoms with Crippen molar-refractivity contribution in [2.45, 2.75) is 19.8 Å². The number of aryl methyl sites for hydroxylation is 1. The maximum atomic E-state index is 11.7. The van der Waals surface area contributed by atoms with Gasteiger partial charge in [0.2, 0.25) is 11.0 Å². The minimum atomic E-state index is -0.320. The molecule has 6 heteroatoms. The molecule has 0 spiro atoms. The van der Waals surface area contributed by atoms with Crippen LogP contribution in [-0.4, -0.2) is 22.6 Å². The van der Waals surface area contributed by atoms with Gasteiger partial charge in [-0.15, -0.1) is 10.2 Å². The summed E-state index contributed by atoms with van der Waals surface area (Å²) in [5.41, 5.74) is 5.22. The van der Waals surface area contributed by atoms with Gasteiger partial charge in [-0.25, -0.2) is 0 Å². The second-order valence-electron chi connectivity index (χ2n) is 3.56. The number of nitrogens with two attached hydrogens (primary N) is 1. The van der Waals surface area contributed by atoms with Gasteiger partial charge in [-0.3, -0.25) is 10.1 Å². The molecular formula is C8H12N4OS. The Balaban J connectivity index is 2.01. The lowest BCUT2D eigenvalue weighted by Gasteiger charge is -2.09. The van der Waals surface area contributed by atoms with Crippen molar-refractivity contribution < 1.29 is 4.79 Å². The third-order valence-corrected chi connectivity index (χ3v) is 3.23. The Morgan fingerprint density at radius 3 is 2.79 bits per heavy atom. The summed E-state index contributed by atoms with van der Waals surface area (Å²) in [6.45, 7) is 2.26. The number of anilines is 1. The molecule has 1 saturated carbocycles. The van der Waals surface area contributed by atoms with Gasteiger partial charge in [0.15, 0.2) is 0 Å². The number of rotatable bonds is 3. The summed E-state index contributed by atoms with van der Waals surface area (Å²) in [6.07, 6.45) is 1.76. The van der Waals surface area contributed by atoms with E-state index in [1.54, 1.807) is 0 Å². The minimum Gasteiger partial charge on any atom is -0.329 e. The van der Waals surface area contributed by atoms with E-state index in [-0.39, 0.29) is 11.3 Å². The van der Waals surface area contributed by atoms with Crippen molar-refractivity contribution in [2.24, 2.45) is 11.1 Å². The molecule has 1 aliphatic carbocycles. The minimum absolute atomic E-state index is 0.0175.